The number of nitrogens with zero attached hydrogens (tertiary/aromatic N) is 3. The highest BCUT2D eigenvalue weighted by Gasteiger charge is 2.30. The van der Waals surface area contributed by atoms with Crippen LogP contribution in [0.1, 0.15) is 43.6 Å². The molecule has 2 atom stereocenters. The van der Waals surface area contributed by atoms with Gasteiger partial charge in [0.2, 0.25) is 0 Å². The fraction of sp³-hybridized carbons (Fsp3) is 0.583. The molecule has 4 nitrogen and oxygen atoms in total. The Bertz CT molecular complexity index is 356. The third-order valence-corrected chi connectivity index (χ3v) is 3.21. The third-order valence-electron chi connectivity index (χ3n) is 3.21. The monoisotopic (exact) mass is 219 g/mol. The van der Waals surface area contributed by atoms with E-state index in [4.69, 9.17) is 0 Å². The minimum absolute atomic E-state index is 0.00722. The van der Waals surface area contributed by atoms with Crippen molar-refractivity contribution in [1.82, 2.24) is 14.9 Å². The SMILES string of the molecule is CC1CCCC(C)N1C(=O)c1cnccn1. The predicted octanol–water partition coefficient (Wildman–Crippen LogP) is 1.88. The Morgan fingerprint density at radius 2 is 2.00 bits per heavy atom. The molecular weight excluding hydrogens is 202 g/mol. The fourth-order valence-electron chi connectivity index (χ4n) is 2.36. The average molecular weight is 219 g/mol. The van der Waals surface area contributed by atoms with Crippen molar-refractivity contribution in [3.05, 3.63) is 24.3 Å². The summed E-state index contributed by atoms with van der Waals surface area (Å²) in [4.78, 5) is 22.2. The van der Waals surface area contributed by atoms with E-state index in [9.17, 15) is 4.79 Å². The van der Waals surface area contributed by atoms with Crippen molar-refractivity contribution in [2.45, 2.75) is 45.2 Å². The Balaban J connectivity index is 2.20. The lowest BCUT2D eigenvalue weighted by atomic mass is 9.97. The van der Waals surface area contributed by atoms with Crippen LogP contribution in [0.5, 0.6) is 0 Å². The maximum atomic E-state index is 12.2. The summed E-state index contributed by atoms with van der Waals surface area (Å²) < 4.78 is 0. The van der Waals surface area contributed by atoms with Gasteiger partial charge in [-0.05, 0) is 33.1 Å². The van der Waals surface area contributed by atoms with Gasteiger partial charge in [-0.25, -0.2) is 4.98 Å². The molecule has 1 aliphatic rings. The highest BCUT2D eigenvalue weighted by Crippen LogP contribution is 2.23. The van der Waals surface area contributed by atoms with Crippen LogP contribution in [0.4, 0.5) is 0 Å². The molecule has 86 valence electrons. The zero-order valence-corrected chi connectivity index (χ0v) is 9.76. The number of carbonyl (C=O) groups is 1. The maximum Gasteiger partial charge on any atom is 0.274 e. The second-order valence-electron chi connectivity index (χ2n) is 4.43. The summed E-state index contributed by atoms with van der Waals surface area (Å²) in [5.41, 5.74) is 0.447. The number of hydrogen-bond acceptors (Lipinski definition) is 3. The van der Waals surface area contributed by atoms with Gasteiger partial charge < -0.3 is 4.90 Å². The van der Waals surface area contributed by atoms with E-state index < -0.39 is 0 Å². The molecule has 1 amide bonds. The second-order valence-corrected chi connectivity index (χ2v) is 4.43. The summed E-state index contributed by atoms with van der Waals surface area (Å²) in [7, 11) is 0. The Hall–Kier alpha value is -1.45. The Labute approximate surface area is 95.7 Å². The van der Waals surface area contributed by atoms with Gasteiger partial charge >= 0.3 is 0 Å². The van der Waals surface area contributed by atoms with Crippen LogP contribution in [0.2, 0.25) is 0 Å². The number of hydrogen-bond donors (Lipinski definition) is 0. The highest BCUT2D eigenvalue weighted by atomic mass is 16.2. The molecule has 0 N–H and O–H groups in total. The van der Waals surface area contributed by atoms with E-state index >= 15 is 0 Å². The van der Waals surface area contributed by atoms with Crippen molar-refractivity contribution in [3.8, 4) is 0 Å². The predicted molar refractivity (Wildman–Crippen MR) is 61.0 cm³/mol. The van der Waals surface area contributed by atoms with Crippen molar-refractivity contribution in [1.29, 1.82) is 0 Å². The standard InChI is InChI=1S/C12H17N3O/c1-9-4-3-5-10(2)15(9)12(16)11-8-13-6-7-14-11/h6-10H,3-5H2,1-2H3. The van der Waals surface area contributed by atoms with E-state index in [1.165, 1.54) is 12.6 Å². The maximum absolute atomic E-state index is 12.2. The highest BCUT2D eigenvalue weighted by molar-refractivity contribution is 5.92. The van der Waals surface area contributed by atoms with E-state index in [0.717, 1.165) is 12.8 Å². The number of rotatable bonds is 1. The van der Waals surface area contributed by atoms with E-state index in [1.54, 1.807) is 12.4 Å². The zero-order valence-electron chi connectivity index (χ0n) is 9.76. The van der Waals surface area contributed by atoms with Crippen molar-refractivity contribution < 1.29 is 4.79 Å². The van der Waals surface area contributed by atoms with Gasteiger partial charge in [0.1, 0.15) is 5.69 Å². The average Bonchev–Trinajstić information content (AvgIpc) is 2.30. The van der Waals surface area contributed by atoms with Gasteiger partial charge in [-0.2, -0.15) is 0 Å². The normalized spacial score (nSPS) is 25.5. The van der Waals surface area contributed by atoms with E-state index in [1.807, 2.05) is 4.90 Å². The molecule has 1 fully saturated rings. The smallest absolute Gasteiger partial charge is 0.274 e. The van der Waals surface area contributed by atoms with Gasteiger partial charge in [-0.15, -0.1) is 0 Å². The first-order valence-corrected chi connectivity index (χ1v) is 5.79. The first-order chi connectivity index (χ1) is 7.70. The molecule has 0 bridgehead atoms. The van der Waals surface area contributed by atoms with Crippen LogP contribution in [0.3, 0.4) is 0 Å². The fourth-order valence-corrected chi connectivity index (χ4v) is 2.36. The third kappa shape index (κ3) is 2.05. The molecular formula is C12H17N3O. The summed E-state index contributed by atoms with van der Waals surface area (Å²) in [6, 6.07) is 0.608. The van der Waals surface area contributed by atoms with Crippen molar-refractivity contribution >= 4 is 5.91 Å². The molecule has 1 aliphatic heterocycles. The lowest BCUT2D eigenvalue weighted by Crippen LogP contribution is -2.47. The molecule has 4 heteroatoms. The Morgan fingerprint density at radius 3 is 2.56 bits per heavy atom. The van der Waals surface area contributed by atoms with Crippen molar-refractivity contribution in [3.63, 3.8) is 0 Å². The van der Waals surface area contributed by atoms with Gasteiger partial charge in [0, 0.05) is 24.5 Å². The van der Waals surface area contributed by atoms with Crippen LogP contribution in [-0.2, 0) is 0 Å². The van der Waals surface area contributed by atoms with Crippen LogP contribution < -0.4 is 0 Å². The number of aromatic nitrogens is 2. The van der Waals surface area contributed by atoms with Crippen molar-refractivity contribution in [2.24, 2.45) is 0 Å². The lowest BCUT2D eigenvalue weighted by Gasteiger charge is -2.38. The largest absolute Gasteiger partial charge is 0.332 e. The second kappa shape index (κ2) is 4.60. The topological polar surface area (TPSA) is 46.1 Å². The molecule has 1 aromatic rings. The molecule has 0 saturated carbocycles. The summed E-state index contributed by atoms with van der Waals surface area (Å²) in [5, 5.41) is 0. The van der Waals surface area contributed by atoms with Crippen LogP contribution in [0.15, 0.2) is 18.6 Å². The summed E-state index contributed by atoms with van der Waals surface area (Å²) in [6.07, 6.45) is 8.04. The number of amides is 1. The molecule has 16 heavy (non-hydrogen) atoms. The minimum atomic E-state index is 0.00722. The molecule has 0 radical (unpaired) electrons. The molecule has 0 aromatic carbocycles. The molecule has 2 heterocycles. The molecule has 2 unspecified atom stereocenters. The lowest BCUT2D eigenvalue weighted by molar-refractivity contribution is 0.0504. The van der Waals surface area contributed by atoms with Gasteiger partial charge in [0.05, 0.1) is 6.20 Å². The number of piperidine rings is 1. The molecule has 1 saturated heterocycles. The Morgan fingerprint density at radius 1 is 1.31 bits per heavy atom. The van der Waals surface area contributed by atoms with Gasteiger partial charge in [-0.1, -0.05) is 0 Å². The molecule has 1 aromatic heterocycles. The number of likely N-dealkylation sites (tertiary alicyclic amines) is 1. The Kier molecular flexibility index (Phi) is 3.17. The van der Waals surface area contributed by atoms with E-state index in [0.29, 0.717) is 17.8 Å². The van der Waals surface area contributed by atoms with Gasteiger partial charge in [0.25, 0.3) is 5.91 Å². The molecule has 0 spiro atoms. The zero-order chi connectivity index (χ0) is 11.5. The van der Waals surface area contributed by atoms with Crippen LogP contribution in [-0.4, -0.2) is 32.9 Å². The van der Waals surface area contributed by atoms with Crippen LogP contribution in [0.25, 0.3) is 0 Å². The summed E-state index contributed by atoms with van der Waals surface area (Å²) >= 11 is 0. The first kappa shape index (κ1) is 11.0. The molecule has 0 aliphatic carbocycles. The summed E-state index contributed by atoms with van der Waals surface area (Å²) in [5.74, 6) is 0.00722. The quantitative estimate of drug-likeness (QED) is 0.724. The van der Waals surface area contributed by atoms with Crippen LogP contribution in [0, 0.1) is 0 Å². The van der Waals surface area contributed by atoms with Crippen molar-refractivity contribution in [2.75, 3.05) is 0 Å². The van der Waals surface area contributed by atoms with E-state index in [-0.39, 0.29) is 5.91 Å². The summed E-state index contributed by atoms with van der Waals surface area (Å²) in [6.45, 7) is 4.20. The molecule has 2 rings (SSSR count). The van der Waals surface area contributed by atoms with Gasteiger partial charge in [0.15, 0.2) is 0 Å². The van der Waals surface area contributed by atoms with Gasteiger partial charge in [-0.3, -0.25) is 9.78 Å². The number of carbonyl (C=O) groups excluding carboxylic acids is 1. The van der Waals surface area contributed by atoms with E-state index in [2.05, 4.69) is 23.8 Å². The van der Waals surface area contributed by atoms with Crippen LogP contribution >= 0.6 is 0 Å². The first-order valence-electron chi connectivity index (χ1n) is 5.79. The minimum Gasteiger partial charge on any atom is -0.332 e.